The van der Waals surface area contributed by atoms with Crippen molar-refractivity contribution in [3.05, 3.63) is 35.9 Å². The highest BCUT2D eigenvalue weighted by Gasteiger charge is 2.40. The molecular weight excluding hydrogens is 220 g/mol. The lowest BCUT2D eigenvalue weighted by molar-refractivity contribution is -0.122. The second-order valence-electron chi connectivity index (χ2n) is 4.11. The highest BCUT2D eigenvalue weighted by molar-refractivity contribution is 5.84. The molecule has 90 valence electrons. The van der Waals surface area contributed by atoms with Crippen molar-refractivity contribution in [2.45, 2.75) is 24.9 Å². The van der Waals surface area contributed by atoms with Crippen LogP contribution in [-0.4, -0.2) is 28.0 Å². The van der Waals surface area contributed by atoms with Crippen molar-refractivity contribution >= 4 is 12.0 Å². The first-order chi connectivity index (χ1) is 8.11. The van der Waals surface area contributed by atoms with Gasteiger partial charge in [0.1, 0.15) is 6.04 Å². The Hall–Kier alpha value is -2.04. The molecule has 0 spiro atoms. The second kappa shape index (κ2) is 4.45. The maximum atomic E-state index is 11.2. The zero-order valence-corrected chi connectivity index (χ0v) is 9.24. The molecule has 2 rings (SSSR count). The van der Waals surface area contributed by atoms with Gasteiger partial charge in [-0.15, -0.1) is 0 Å². The van der Waals surface area contributed by atoms with Gasteiger partial charge in [0.05, 0.1) is 6.04 Å². The Morgan fingerprint density at radius 2 is 1.88 bits per heavy atom. The average molecular weight is 234 g/mol. The molecule has 0 radical (unpaired) electrons. The summed E-state index contributed by atoms with van der Waals surface area (Å²) < 4.78 is 0. The molecule has 1 aliphatic heterocycles. The van der Waals surface area contributed by atoms with Gasteiger partial charge in [0.25, 0.3) is 0 Å². The number of carbonyl (C=O) groups excluding carboxylic acids is 1. The quantitative estimate of drug-likeness (QED) is 0.810. The first kappa shape index (κ1) is 11.4. The Morgan fingerprint density at radius 1 is 1.24 bits per heavy atom. The highest BCUT2D eigenvalue weighted by Crippen LogP contribution is 2.35. The maximum Gasteiger partial charge on any atom is 0.408 e. The third-order valence-corrected chi connectivity index (χ3v) is 3.12. The predicted molar refractivity (Wildman–Crippen MR) is 61.3 cm³/mol. The van der Waals surface area contributed by atoms with Gasteiger partial charge in [-0.05, 0) is 18.4 Å². The summed E-state index contributed by atoms with van der Waals surface area (Å²) in [5, 5.41) is 9.18. The van der Waals surface area contributed by atoms with Gasteiger partial charge < -0.3 is 10.8 Å². The molecule has 1 saturated heterocycles. The molecule has 0 saturated carbocycles. The van der Waals surface area contributed by atoms with Crippen LogP contribution < -0.4 is 5.73 Å². The minimum absolute atomic E-state index is 0.272. The Bertz CT molecular complexity index is 433. The van der Waals surface area contributed by atoms with Gasteiger partial charge in [0, 0.05) is 0 Å². The molecule has 0 bridgehead atoms. The fourth-order valence-electron chi connectivity index (χ4n) is 2.36. The van der Waals surface area contributed by atoms with E-state index in [9.17, 15) is 14.7 Å². The number of carbonyl (C=O) groups is 2. The average Bonchev–Trinajstić information content (AvgIpc) is 2.74. The van der Waals surface area contributed by atoms with Crippen LogP contribution in [0, 0.1) is 0 Å². The largest absolute Gasteiger partial charge is 0.465 e. The third-order valence-electron chi connectivity index (χ3n) is 3.12. The van der Waals surface area contributed by atoms with E-state index >= 15 is 0 Å². The van der Waals surface area contributed by atoms with Gasteiger partial charge in [-0.1, -0.05) is 30.3 Å². The van der Waals surface area contributed by atoms with Crippen LogP contribution in [0.2, 0.25) is 0 Å². The van der Waals surface area contributed by atoms with Crippen LogP contribution in [0.4, 0.5) is 4.79 Å². The van der Waals surface area contributed by atoms with Gasteiger partial charge in [0.2, 0.25) is 5.91 Å². The number of rotatable bonds is 2. The van der Waals surface area contributed by atoms with E-state index in [0.717, 1.165) is 10.5 Å². The fraction of sp³-hybridized carbons (Fsp3) is 0.333. The predicted octanol–water partition coefficient (Wildman–Crippen LogP) is 1.36. The topological polar surface area (TPSA) is 83.6 Å². The number of benzene rings is 1. The molecule has 17 heavy (non-hydrogen) atoms. The SMILES string of the molecule is NC(=O)[C@H]1CC[C@@H](c2ccccc2)N1C(=O)O. The van der Waals surface area contributed by atoms with E-state index in [4.69, 9.17) is 5.73 Å². The van der Waals surface area contributed by atoms with E-state index in [1.165, 1.54) is 0 Å². The van der Waals surface area contributed by atoms with Crippen LogP contribution in [0.25, 0.3) is 0 Å². The minimum Gasteiger partial charge on any atom is -0.465 e. The number of nitrogens with two attached hydrogens (primary N) is 1. The van der Waals surface area contributed by atoms with E-state index in [2.05, 4.69) is 0 Å². The van der Waals surface area contributed by atoms with Gasteiger partial charge in [0.15, 0.2) is 0 Å². The number of hydrogen-bond acceptors (Lipinski definition) is 2. The molecule has 1 fully saturated rings. The molecule has 1 aliphatic rings. The summed E-state index contributed by atoms with van der Waals surface area (Å²) in [6.45, 7) is 0. The Balaban J connectivity index is 2.30. The number of nitrogens with zero attached hydrogens (tertiary/aromatic N) is 1. The van der Waals surface area contributed by atoms with Crippen molar-refractivity contribution in [2.75, 3.05) is 0 Å². The highest BCUT2D eigenvalue weighted by atomic mass is 16.4. The molecule has 5 heteroatoms. The van der Waals surface area contributed by atoms with Crippen LogP contribution in [0.15, 0.2) is 30.3 Å². The Labute approximate surface area is 98.8 Å². The summed E-state index contributed by atoms with van der Waals surface area (Å²) in [5.41, 5.74) is 6.12. The van der Waals surface area contributed by atoms with Crippen LogP contribution in [-0.2, 0) is 4.79 Å². The number of likely N-dealkylation sites (tertiary alicyclic amines) is 1. The second-order valence-corrected chi connectivity index (χ2v) is 4.11. The molecule has 2 atom stereocenters. The Kier molecular flexibility index (Phi) is 2.99. The van der Waals surface area contributed by atoms with E-state index in [0.29, 0.717) is 12.8 Å². The lowest BCUT2D eigenvalue weighted by Gasteiger charge is -2.25. The zero-order valence-electron chi connectivity index (χ0n) is 9.24. The number of amides is 2. The fourth-order valence-corrected chi connectivity index (χ4v) is 2.36. The number of carboxylic acid groups (broad SMARTS) is 1. The lowest BCUT2D eigenvalue weighted by Crippen LogP contribution is -2.44. The van der Waals surface area contributed by atoms with Crippen molar-refractivity contribution in [1.29, 1.82) is 0 Å². The van der Waals surface area contributed by atoms with Crippen molar-refractivity contribution in [1.82, 2.24) is 4.90 Å². The van der Waals surface area contributed by atoms with Gasteiger partial charge in [-0.3, -0.25) is 9.69 Å². The van der Waals surface area contributed by atoms with Crippen LogP contribution in [0.3, 0.4) is 0 Å². The minimum atomic E-state index is -1.10. The van der Waals surface area contributed by atoms with Crippen molar-refractivity contribution in [3.63, 3.8) is 0 Å². The monoisotopic (exact) mass is 234 g/mol. The summed E-state index contributed by atoms with van der Waals surface area (Å²) >= 11 is 0. The van der Waals surface area contributed by atoms with E-state index < -0.39 is 18.0 Å². The molecule has 0 aromatic heterocycles. The van der Waals surface area contributed by atoms with Crippen LogP contribution in [0.5, 0.6) is 0 Å². The van der Waals surface area contributed by atoms with Crippen molar-refractivity contribution in [3.8, 4) is 0 Å². The molecule has 1 aromatic carbocycles. The molecule has 0 aliphatic carbocycles. The molecule has 0 unspecified atom stereocenters. The molecular formula is C12H14N2O3. The van der Waals surface area contributed by atoms with Crippen molar-refractivity contribution in [2.24, 2.45) is 5.73 Å². The maximum absolute atomic E-state index is 11.2. The van der Waals surface area contributed by atoms with E-state index in [1.54, 1.807) is 0 Å². The summed E-state index contributed by atoms with van der Waals surface area (Å²) in [7, 11) is 0. The van der Waals surface area contributed by atoms with E-state index in [-0.39, 0.29) is 6.04 Å². The first-order valence-electron chi connectivity index (χ1n) is 5.47. The molecule has 1 heterocycles. The van der Waals surface area contributed by atoms with Gasteiger partial charge in [-0.2, -0.15) is 0 Å². The molecule has 5 nitrogen and oxygen atoms in total. The molecule has 3 N–H and O–H groups in total. The molecule has 2 amide bonds. The summed E-state index contributed by atoms with van der Waals surface area (Å²) in [5.74, 6) is -0.578. The van der Waals surface area contributed by atoms with Crippen LogP contribution in [0.1, 0.15) is 24.4 Å². The summed E-state index contributed by atoms with van der Waals surface area (Å²) in [4.78, 5) is 23.6. The number of hydrogen-bond donors (Lipinski definition) is 2. The van der Waals surface area contributed by atoms with Crippen LogP contribution >= 0.6 is 0 Å². The smallest absolute Gasteiger partial charge is 0.408 e. The molecule has 1 aromatic rings. The lowest BCUT2D eigenvalue weighted by atomic mass is 10.1. The third kappa shape index (κ3) is 2.08. The number of primary amides is 1. The zero-order chi connectivity index (χ0) is 12.4. The summed E-state index contributed by atoms with van der Waals surface area (Å²) in [6, 6.07) is 8.33. The van der Waals surface area contributed by atoms with E-state index in [1.807, 2.05) is 30.3 Å². The first-order valence-corrected chi connectivity index (χ1v) is 5.47. The standard InChI is InChI=1S/C12H14N2O3/c13-11(15)10-7-6-9(14(10)12(16)17)8-4-2-1-3-5-8/h1-5,9-10H,6-7H2,(H2,13,15)(H,16,17)/t9-,10+/m0/s1. The Morgan fingerprint density at radius 3 is 2.41 bits per heavy atom. The van der Waals surface area contributed by atoms with Gasteiger partial charge >= 0.3 is 6.09 Å². The summed E-state index contributed by atoms with van der Waals surface area (Å²) in [6.07, 6.45) is 0.0191. The van der Waals surface area contributed by atoms with Crippen molar-refractivity contribution < 1.29 is 14.7 Å². The normalized spacial score (nSPS) is 23.6. The van der Waals surface area contributed by atoms with Gasteiger partial charge in [-0.25, -0.2) is 4.79 Å².